The molecule has 1 aromatic heterocycles. The smallest absolute Gasteiger partial charge is 0.292 e. The zero-order valence-corrected chi connectivity index (χ0v) is 12.6. The van der Waals surface area contributed by atoms with Gasteiger partial charge in [-0.2, -0.15) is 0 Å². The molecule has 1 saturated heterocycles. The van der Waals surface area contributed by atoms with Gasteiger partial charge in [0.25, 0.3) is 5.91 Å². The fourth-order valence-electron chi connectivity index (χ4n) is 2.70. The van der Waals surface area contributed by atoms with Gasteiger partial charge in [-0.05, 0) is 19.1 Å². The van der Waals surface area contributed by atoms with Gasteiger partial charge in [0.2, 0.25) is 5.76 Å². The molecule has 6 nitrogen and oxygen atoms in total. The van der Waals surface area contributed by atoms with Gasteiger partial charge in [-0.15, -0.1) is 0 Å². The highest BCUT2D eigenvalue weighted by molar-refractivity contribution is 5.91. The van der Waals surface area contributed by atoms with E-state index in [2.05, 4.69) is 5.16 Å². The number of β-amino-alcohol motifs (C(OH)–C–C–N with tert-alkyl or cyclic N) is 1. The van der Waals surface area contributed by atoms with E-state index < -0.39 is 17.5 Å². The molecule has 0 aliphatic carbocycles. The third-order valence-electron chi connectivity index (χ3n) is 3.88. The van der Waals surface area contributed by atoms with E-state index in [0.29, 0.717) is 18.7 Å². The fraction of sp³-hybridized carbons (Fsp3) is 0.375. The second-order valence-corrected chi connectivity index (χ2v) is 5.81. The Morgan fingerprint density at radius 3 is 3.00 bits per heavy atom. The summed E-state index contributed by atoms with van der Waals surface area (Å²) in [6.45, 7) is 2.08. The van der Waals surface area contributed by atoms with E-state index in [1.54, 1.807) is 19.1 Å². The predicted octanol–water partition coefficient (Wildman–Crippen LogP) is 1.86. The number of aliphatic hydroxyl groups is 1. The van der Waals surface area contributed by atoms with E-state index in [-0.39, 0.29) is 18.2 Å². The van der Waals surface area contributed by atoms with E-state index >= 15 is 0 Å². The van der Waals surface area contributed by atoms with Crippen molar-refractivity contribution in [1.29, 1.82) is 0 Å². The van der Waals surface area contributed by atoms with Crippen LogP contribution in [-0.4, -0.2) is 45.9 Å². The number of rotatable bonds is 3. The standard InChI is InChI=1S/C16H17FN2O4/c1-16(21)10-19(15(20)13-5-7-18-23-13)8-6-14(16)22-12-4-2-3-11(17)9-12/h2-5,7,9,14,21H,6,8,10H2,1H3/t14-,16-/m0/s1. The molecule has 23 heavy (non-hydrogen) atoms. The van der Waals surface area contributed by atoms with Crippen LogP contribution in [-0.2, 0) is 0 Å². The number of ether oxygens (including phenoxy) is 1. The molecule has 7 heteroatoms. The number of carbonyl (C=O) groups excluding carboxylic acids is 1. The molecule has 2 heterocycles. The molecule has 2 atom stereocenters. The topological polar surface area (TPSA) is 75.8 Å². The zero-order chi connectivity index (χ0) is 16.4. The van der Waals surface area contributed by atoms with Crippen molar-refractivity contribution in [2.24, 2.45) is 0 Å². The highest BCUT2D eigenvalue weighted by Crippen LogP contribution is 2.27. The van der Waals surface area contributed by atoms with Crippen LogP contribution < -0.4 is 4.74 Å². The Hall–Kier alpha value is -2.41. The summed E-state index contributed by atoms with van der Waals surface area (Å²) in [4.78, 5) is 13.7. The molecule has 1 aliphatic rings. The number of amides is 1. The molecular weight excluding hydrogens is 303 g/mol. The highest BCUT2D eigenvalue weighted by atomic mass is 19.1. The summed E-state index contributed by atoms with van der Waals surface area (Å²) < 4.78 is 23.8. The lowest BCUT2D eigenvalue weighted by Crippen LogP contribution is -2.58. The number of hydrogen-bond donors (Lipinski definition) is 1. The van der Waals surface area contributed by atoms with Crippen LogP contribution in [0.25, 0.3) is 0 Å². The van der Waals surface area contributed by atoms with Gasteiger partial charge in [0.05, 0.1) is 12.7 Å². The summed E-state index contributed by atoms with van der Waals surface area (Å²) >= 11 is 0. The van der Waals surface area contributed by atoms with Crippen molar-refractivity contribution in [2.45, 2.75) is 25.0 Å². The molecule has 122 valence electrons. The molecule has 0 radical (unpaired) electrons. The predicted molar refractivity (Wildman–Crippen MR) is 78.5 cm³/mol. The Bertz CT molecular complexity index is 687. The SMILES string of the molecule is C[C@]1(O)CN(C(=O)c2ccno2)CC[C@@H]1Oc1cccc(F)c1. The molecule has 2 aromatic rings. The van der Waals surface area contributed by atoms with Gasteiger partial charge in [0.1, 0.15) is 23.3 Å². The normalized spacial score (nSPS) is 24.5. The third-order valence-corrected chi connectivity index (χ3v) is 3.88. The quantitative estimate of drug-likeness (QED) is 0.934. The van der Waals surface area contributed by atoms with Crippen LogP contribution in [0.3, 0.4) is 0 Å². The summed E-state index contributed by atoms with van der Waals surface area (Å²) in [6.07, 6.45) is 1.28. The van der Waals surface area contributed by atoms with Crippen molar-refractivity contribution in [2.75, 3.05) is 13.1 Å². The van der Waals surface area contributed by atoms with Crippen LogP contribution >= 0.6 is 0 Å². The Morgan fingerprint density at radius 1 is 1.52 bits per heavy atom. The van der Waals surface area contributed by atoms with Crippen molar-refractivity contribution < 1.29 is 23.6 Å². The van der Waals surface area contributed by atoms with Gasteiger partial charge in [0.15, 0.2) is 0 Å². The minimum Gasteiger partial charge on any atom is -0.487 e. The number of likely N-dealkylation sites (tertiary alicyclic amines) is 1. The highest BCUT2D eigenvalue weighted by Gasteiger charge is 2.42. The van der Waals surface area contributed by atoms with Crippen LogP contribution in [0.4, 0.5) is 4.39 Å². The fourth-order valence-corrected chi connectivity index (χ4v) is 2.70. The number of benzene rings is 1. The molecule has 1 amide bonds. The number of hydrogen-bond acceptors (Lipinski definition) is 5. The number of carbonyl (C=O) groups is 1. The van der Waals surface area contributed by atoms with E-state index in [4.69, 9.17) is 9.26 Å². The summed E-state index contributed by atoms with van der Waals surface area (Å²) in [6, 6.07) is 7.24. The van der Waals surface area contributed by atoms with Crippen molar-refractivity contribution in [1.82, 2.24) is 10.1 Å². The van der Waals surface area contributed by atoms with E-state index in [1.807, 2.05) is 0 Å². The van der Waals surface area contributed by atoms with Crippen LogP contribution in [0.2, 0.25) is 0 Å². The van der Waals surface area contributed by atoms with Crippen molar-refractivity contribution in [3.8, 4) is 5.75 Å². The minimum absolute atomic E-state index is 0.0898. The Morgan fingerprint density at radius 2 is 2.35 bits per heavy atom. The monoisotopic (exact) mass is 320 g/mol. The largest absolute Gasteiger partial charge is 0.487 e. The van der Waals surface area contributed by atoms with Gasteiger partial charge in [0, 0.05) is 25.1 Å². The van der Waals surface area contributed by atoms with E-state index in [0.717, 1.165) is 0 Å². The van der Waals surface area contributed by atoms with Gasteiger partial charge in [-0.1, -0.05) is 11.2 Å². The molecule has 0 saturated carbocycles. The van der Waals surface area contributed by atoms with E-state index in [1.165, 1.54) is 29.3 Å². The molecule has 1 fully saturated rings. The van der Waals surface area contributed by atoms with Gasteiger partial charge < -0.3 is 19.3 Å². The zero-order valence-electron chi connectivity index (χ0n) is 12.6. The maximum Gasteiger partial charge on any atom is 0.292 e. The van der Waals surface area contributed by atoms with Crippen LogP contribution in [0.1, 0.15) is 23.9 Å². The first-order chi connectivity index (χ1) is 11.0. The van der Waals surface area contributed by atoms with E-state index in [9.17, 15) is 14.3 Å². The van der Waals surface area contributed by atoms with Gasteiger partial charge in [-0.3, -0.25) is 4.79 Å². The second kappa shape index (κ2) is 6.00. The Labute approximate surface area is 132 Å². The molecular formula is C16H17FN2O4. The summed E-state index contributed by atoms with van der Waals surface area (Å²) in [5.41, 5.74) is -1.26. The van der Waals surface area contributed by atoms with Gasteiger partial charge in [-0.25, -0.2) is 4.39 Å². The summed E-state index contributed by atoms with van der Waals surface area (Å²) in [5, 5.41) is 14.1. The van der Waals surface area contributed by atoms with Gasteiger partial charge >= 0.3 is 0 Å². The average Bonchev–Trinajstić information content (AvgIpc) is 3.02. The number of aromatic nitrogens is 1. The Kier molecular flexibility index (Phi) is 4.04. The third kappa shape index (κ3) is 3.34. The van der Waals surface area contributed by atoms with Crippen molar-refractivity contribution in [3.63, 3.8) is 0 Å². The number of piperidine rings is 1. The lowest BCUT2D eigenvalue weighted by molar-refractivity contribution is -0.0904. The van der Waals surface area contributed by atoms with Crippen molar-refractivity contribution >= 4 is 5.91 Å². The second-order valence-electron chi connectivity index (χ2n) is 5.81. The van der Waals surface area contributed by atoms with Crippen LogP contribution in [0.15, 0.2) is 41.1 Å². The first kappa shape index (κ1) is 15.5. The maximum absolute atomic E-state index is 13.2. The lowest BCUT2D eigenvalue weighted by Gasteiger charge is -2.42. The maximum atomic E-state index is 13.2. The molecule has 0 bridgehead atoms. The summed E-state index contributed by atoms with van der Waals surface area (Å²) in [5.74, 6) is -0.248. The van der Waals surface area contributed by atoms with Crippen LogP contribution in [0, 0.1) is 5.82 Å². The first-order valence-corrected chi connectivity index (χ1v) is 7.30. The lowest BCUT2D eigenvalue weighted by atomic mass is 9.91. The molecule has 0 spiro atoms. The Balaban J connectivity index is 1.69. The average molecular weight is 320 g/mol. The molecule has 0 unspecified atom stereocenters. The molecule has 1 aliphatic heterocycles. The molecule has 3 rings (SSSR count). The van der Waals surface area contributed by atoms with Crippen LogP contribution in [0.5, 0.6) is 5.75 Å². The molecule has 1 aromatic carbocycles. The van der Waals surface area contributed by atoms with Crippen molar-refractivity contribution in [3.05, 3.63) is 48.1 Å². The number of nitrogens with zero attached hydrogens (tertiary/aromatic N) is 2. The first-order valence-electron chi connectivity index (χ1n) is 7.30. The molecule has 1 N–H and O–H groups in total. The summed E-state index contributed by atoms with van der Waals surface area (Å²) in [7, 11) is 0. The number of halogens is 1. The minimum atomic E-state index is -1.26.